The van der Waals surface area contributed by atoms with Gasteiger partial charge in [0, 0.05) is 55.3 Å². The molecule has 288 valence electrons. The number of aromatic nitrogens is 3. The van der Waals surface area contributed by atoms with Crippen LogP contribution in [-0.4, -0.2) is 94.3 Å². The number of benzene rings is 3. The van der Waals surface area contributed by atoms with Crippen LogP contribution in [0.15, 0.2) is 66.9 Å². The Labute approximate surface area is 317 Å². The Balaban J connectivity index is 1.30. The highest BCUT2D eigenvalue weighted by atomic mass is 19.1. The standard InChI is InChI=1S/C40H45FN8O6/c1-4-29-39(53)47-32(20-26-22-44-30-12-6-5-10-27(26)30)38(52)43-17-9-19-49-24(2)45-31-15-14-25(21-33(31)49)37(51)42-16-8-18-48(23-35(50)46-29)40(54)36-28(41)11-7-13-34(36)55-3/h5-7,10-15,21-22,29,32,44H,4,8-9,16-20,23H2,1-3H3,(H,42,51)(H,43,52)(H,46,50)(H,47,53)/t29-,32+/m0/s1. The maximum absolute atomic E-state index is 15.1. The Bertz CT molecular complexity index is 2230. The van der Waals surface area contributed by atoms with Crippen molar-refractivity contribution in [3.8, 4) is 5.75 Å². The second kappa shape index (κ2) is 17.3. The molecule has 2 atom stereocenters. The molecule has 3 heterocycles. The molecule has 0 unspecified atom stereocenters. The van der Waals surface area contributed by atoms with Crippen LogP contribution in [0.1, 0.15) is 58.3 Å². The zero-order chi connectivity index (χ0) is 39.1. The van der Waals surface area contributed by atoms with Crippen LogP contribution < -0.4 is 26.0 Å². The van der Waals surface area contributed by atoms with Gasteiger partial charge in [0.1, 0.15) is 35.0 Å². The fraction of sp³-hybridized carbons (Fsp3) is 0.350. The number of fused-ring (bicyclic) bond motifs is 2. The lowest BCUT2D eigenvalue weighted by atomic mass is 10.0. The molecular formula is C40H45FN8O6. The average Bonchev–Trinajstić information content (AvgIpc) is 3.74. The second-order valence-electron chi connectivity index (χ2n) is 13.5. The van der Waals surface area contributed by atoms with Gasteiger partial charge in [0.05, 0.1) is 24.7 Å². The van der Waals surface area contributed by atoms with Gasteiger partial charge in [-0.2, -0.15) is 0 Å². The summed E-state index contributed by atoms with van der Waals surface area (Å²) in [7, 11) is 1.31. The van der Waals surface area contributed by atoms with Crippen LogP contribution in [0.2, 0.25) is 0 Å². The number of hydrogen-bond acceptors (Lipinski definition) is 7. The zero-order valence-corrected chi connectivity index (χ0v) is 31.0. The van der Waals surface area contributed by atoms with Gasteiger partial charge in [0.2, 0.25) is 17.7 Å². The fourth-order valence-electron chi connectivity index (χ4n) is 6.87. The zero-order valence-electron chi connectivity index (χ0n) is 31.0. The SMILES string of the molecule is CC[C@@H]1NC(=O)CN(C(=O)c2c(F)cccc2OC)CCCNC(=O)c2ccc3nc(C)n(c3c2)CCCNC(=O)[C@@H](Cc2c[nH]c3ccccc23)NC1=O. The topological polar surface area (TPSA) is 180 Å². The Morgan fingerprint density at radius 1 is 0.927 bits per heavy atom. The smallest absolute Gasteiger partial charge is 0.261 e. The number of methoxy groups -OCH3 is 1. The lowest BCUT2D eigenvalue weighted by Gasteiger charge is -2.26. The Hall–Kier alpha value is -6.25. The summed E-state index contributed by atoms with van der Waals surface area (Å²) in [4.78, 5) is 77.2. The number of imidazole rings is 1. The number of rotatable bonds is 5. The second-order valence-corrected chi connectivity index (χ2v) is 13.5. The molecule has 6 rings (SSSR count). The number of ether oxygens (including phenoxy) is 1. The van der Waals surface area contributed by atoms with Crippen molar-refractivity contribution in [3.05, 3.63) is 95.2 Å². The number of carbonyl (C=O) groups is 5. The molecule has 14 nitrogen and oxygen atoms in total. The Morgan fingerprint density at radius 3 is 2.51 bits per heavy atom. The summed E-state index contributed by atoms with van der Waals surface area (Å²) in [5.41, 5.74) is 3.25. The fourth-order valence-corrected chi connectivity index (χ4v) is 6.87. The van der Waals surface area contributed by atoms with Gasteiger partial charge in [-0.05, 0) is 68.1 Å². The number of H-pyrrole nitrogens is 1. The van der Waals surface area contributed by atoms with Crippen LogP contribution in [0, 0.1) is 12.7 Å². The highest BCUT2D eigenvalue weighted by molar-refractivity contribution is 6.00. The molecule has 2 aromatic heterocycles. The minimum atomic E-state index is -1.05. The first-order valence-corrected chi connectivity index (χ1v) is 18.4. The molecule has 15 heteroatoms. The van der Waals surface area contributed by atoms with Gasteiger partial charge in [0.15, 0.2) is 0 Å². The van der Waals surface area contributed by atoms with E-state index in [9.17, 15) is 24.0 Å². The third-order valence-corrected chi connectivity index (χ3v) is 9.77. The lowest BCUT2D eigenvalue weighted by molar-refractivity contribution is -0.132. The highest BCUT2D eigenvalue weighted by Crippen LogP contribution is 2.24. The first-order valence-electron chi connectivity index (χ1n) is 18.4. The predicted octanol–water partition coefficient (Wildman–Crippen LogP) is 3.38. The predicted molar refractivity (Wildman–Crippen MR) is 204 cm³/mol. The van der Waals surface area contributed by atoms with E-state index < -0.39 is 48.1 Å². The maximum atomic E-state index is 15.1. The van der Waals surface area contributed by atoms with E-state index in [-0.39, 0.29) is 49.6 Å². The van der Waals surface area contributed by atoms with E-state index in [4.69, 9.17) is 4.74 Å². The quantitative estimate of drug-likeness (QED) is 0.183. The molecule has 0 fully saturated rings. The molecule has 0 saturated carbocycles. The third kappa shape index (κ3) is 8.77. The van der Waals surface area contributed by atoms with Crippen molar-refractivity contribution in [1.82, 2.24) is 40.7 Å². The largest absolute Gasteiger partial charge is 0.496 e. The number of amides is 5. The van der Waals surface area contributed by atoms with Gasteiger partial charge in [-0.1, -0.05) is 31.2 Å². The van der Waals surface area contributed by atoms with Crippen LogP contribution in [0.25, 0.3) is 21.9 Å². The molecule has 55 heavy (non-hydrogen) atoms. The van der Waals surface area contributed by atoms with E-state index in [1.54, 1.807) is 25.1 Å². The highest BCUT2D eigenvalue weighted by Gasteiger charge is 2.29. The van der Waals surface area contributed by atoms with Crippen molar-refractivity contribution in [2.45, 2.75) is 58.2 Å². The van der Waals surface area contributed by atoms with Gasteiger partial charge in [-0.3, -0.25) is 24.0 Å². The normalized spacial score (nSPS) is 18.2. The Kier molecular flexibility index (Phi) is 12.1. The molecule has 0 aliphatic carbocycles. The molecule has 0 saturated heterocycles. The van der Waals surface area contributed by atoms with Crippen LogP contribution in [0.4, 0.5) is 4.39 Å². The van der Waals surface area contributed by atoms with Gasteiger partial charge < -0.3 is 40.5 Å². The number of halogens is 1. The maximum Gasteiger partial charge on any atom is 0.261 e. The average molecular weight is 753 g/mol. The van der Waals surface area contributed by atoms with Crippen LogP contribution in [0.3, 0.4) is 0 Å². The number of aromatic amines is 1. The van der Waals surface area contributed by atoms with Crippen molar-refractivity contribution in [2.24, 2.45) is 0 Å². The van der Waals surface area contributed by atoms with Crippen molar-refractivity contribution in [2.75, 3.05) is 33.3 Å². The molecule has 3 aromatic carbocycles. The minimum Gasteiger partial charge on any atom is -0.496 e. The summed E-state index contributed by atoms with van der Waals surface area (Å²) >= 11 is 0. The first kappa shape index (κ1) is 38.5. The molecule has 0 radical (unpaired) electrons. The number of hydrogen-bond donors (Lipinski definition) is 5. The first-order chi connectivity index (χ1) is 26.6. The summed E-state index contributed by atoms with van der Waals surface area (Å²) in [5.74, 6) is -2.87. The van der Waals surface area contributed by atoms with E-state index in [0.29, 0.717) is 25.1 Å². The molecule has 5 amide bonds. The summed E-state index contributed by atoms with van der Waals surface area (Å²) in [5, 5.41) is 12.3. The summed E-state index contributed by atoms with van der Waals surface area (Å²) in [6, 6.07) is 14.8. The lowest BCUT2D eigenvalue weighted by Crippen LogP contribution is -2.55. The van der Waals surface area contributed by atoms with Gasteiger partial charge in [-0.15, -0.1) is 0 Å². The van der Waals surface area contributed by atoms with Crippen LogP contribution >= 0.6 is 0 Å². The van der Waals surface area contributed by atoms with Crippen LogP contribution in [0.5, 0.6) is 5.75 Å². The number of nitrogens with zero attached hydrogens (tertiary/aromatic N) is 3. The molecule has 2 bridgehead atoms. The van der Waals surface area contributed by atoms with Crippen molar-refractivity contribution in [3.63, 3.8) is 0 Å². The number of nitrogens with one attached hydrogen (secondary N) is 5. The number of para-hydroxylation sites is 1. The van der Waals surface area contributed by atoms with Gasteiger partial charge in [0.25, 0.3) is 11.8 Å². The van der Waals surface area contributed by atoms with E-state index in [1.165, 1.54) is 19.2 Å². The molecular weight excluding hydrogens is 707 g/mol. The Morgan fingerprint density at radius 2 is 1.71 bits per heavy atom. The van der Waals surface area contributed by atoms with Crippen LogP contribution in [-0.2, 0) is 27.3 Å². The summed E-state index contributed by atoms with van der Waals surface area (Å²) in [6.45, 7) is 3.98. The molecule has 5 aromatic rings. The molecule has 5 N–H and O–H groups in total. The van der Waals surface area contributed by atoms with E-state index in [2.05, 4.69) is 31.2 Å². The van der Waals surface area contributed by atoms with Gasteiger partial charge in [-0.25, -0.2) is 9.37 Å². The monoisotopic (exact) mass is 752 g/mol. The van der Waals surface area contributed by atoms with Crippen molar-refractivity contribution < 1.29 is 33.1 Å². The summed E-state index contributed by atoms with van der Waals surface area (Å²) in [6.07, 6.45) is 2.93. The molecule has 1 aliphatic rings. The molecule has 0 spiro atoms. The van der Waals surface area contributed by atoms with E-state index >= 15 is 4.39 Å². The minimum absolute atomic E-state index is 0.00734. The molecule has 1 aliphatic heterocycles. The number of aryl methyl sites for hydroxylation is 2. The van der Waals surface area contributed by atoms with Crippen molar-refractivity contribution >= 4 is 51.5 Å². The summed E-state index contributed by atoms with van der Waals surface area (Å²) < 4.78 is 22.3. The van der Waals surface area contributed by atoms with E-state index in [0.717, 1.165) is 44.3 Å². The third-order valence-electron chi connectivity index (χ3n) is 9.77. The number of carbonyl (C=O) groups excluding carboxylic acids is 5. The van der Waals surface area contributed by atoms with Crippen molar-refractivity contribution in [1.29, 1.82) is 0 Å². The van der Waals surface area contributed by atoms with E-state index in [1.807, 2.05) is 42.0 Å². The van der Waals surface area contributed by atoms with Gasteiger partial charge >= 0.3 is 0 Å².